The summed E-state index contributed by atoms with van der Waals surface area (Å²) in [6.45, 7) is 1.61. The Morgan fingerprint density at radius 3 is 2.50 bits per heavy atom. The third-order valence-corrected chi connectivity index (χ3v) is 6.16. The van der Waals surface area contributed by atoms with Gasteiger partial charge >= 0.3 is 5.97 Å². The standard InChI is InChI=1S/C18H25N3O6S/c1-2-19-16(22)12-20-17(23)13-27-18(24)15-10-6-7-11-21(15)28(25,26)14-8-4-3-5-9-14/h3-5,8-9,15H,2,6-7,10-13H2,1H3,(H,19,22)(H,20,23)/t15-/m0/s1. The number of carbonyl (C=O) groups excluding carboxylic acids is 3. The van der Waals surface area contributed by atoms with Gasteiger partial charge in [0.25, 0.3) is 5.91 Å². The van der Waals surface area contributed by atoms with Gasteiger partial charge in [-0.15, -0.1) is 0 Å². The lowest BCUT2D eigenvalue weighted by atomic mass is 10.1. The van der Waals surface area contributed by atoms with Crippen LogP contribution in [0, 0.1) is 0 Å². The molecule has 10 heteroatoms. The van der Waals surface area contributed by atoms with Gasteiger partial charge in [0.2, 0.25) is 15.9 Å². The molecular formula is C18H25N3O6S. The highest BCUT2D eigenvalue weighted by Crippen LogP contribution is 2.26. The Labute approximate surface area is 164 Å². The van der Waals surface area contributed by atoms with Crippen molar-refractivity contribution in [2.24, 2.45) is 0 Å². The zero-order chi connectivity index (χ0) is 20.6. The van der Waals surface area contributed by atoms with Gasteiger partial charge in [-0.3, -0.25) is 14.4 Å². The van der Waals surface area contributed by atoms with E-state index < -0.39 is 34.5 Å². The average molecular weight is 411 g/mol. The van der Waals surface area contributed by atoms with Crippen molar-refractivity contribution in [2.45, 2.75) is 37.1 Å². The molecule has 1 aromatic carbocycles. The van der Waals surface area contributed by atoms with Crippen LogP contribution >= 0.6 is 0 Å². The zero-order valence-electron chi connectivity index (χ0n) is 15.7. The zero-order valence-corrected chi connectivity index (χ0v) is 16.5. The van der Waals surface area contributed by atoms with Crippen molar-refractivity contribution in [3.8, 4) is 0 Å². The van der Waals surface area contributed by atoms with Crippen molar-refractivity contribution in [3.05, 3.63) is 30.3 Å². The quantitative estimate of drug-likeness (QED) is 0.582. The summed E-state index contributed by atoms with van der Waals surface area (Å²) >= 11 is 0. The van der Waals surface area contributed by atoms with E-state index >= 15 is 0 Å². The van der Waals surface area contributed by atoms with Crippen molar-refractivity contribution in [2.75, 3.05) is 26.2 Å². The summed E-state index contributed by atoms with van der Waals surface area (Å²) in [6.07, 6.45) is 1.65. The minimum Gasteiger partial charge on any atom is -0.454 e. The third kappa shape index (κ3) is 5.77. The molecular weight excluding hydrogens is 386 g/mol. The molecule has 2 amide bonds. The molecule has 0 spiro atoms. The van der Waals surface area contributed by atoms with E-state index in [0.717, 1.165) is 4.31 Å². The Hall–Kier alpha value is -2.46. The summed E-state index contributed by atoms with van der Waals surface area (Å²) in [5.41, 5.74) is 0. The summed E-state index contributed by atoms with van der Waals surface area (Å²) in [6, 6.07) is 6.91. The molecule has 1 aromatic rings. The molecule has 0 aromatic heterocycles. The van der Waals surface area contributed by atoms with Crippen LogP contribution < -0.4 is 10.6 Å². The Balaban J connectivity index is 1.97. The van der Waals surface area contributed by atoms with Gasteiger partial charge in [-0.2, -0.15) is 4.31 Å². The van der Waals surface area contributed by atoms with Gasteiger partial charge < -0.3 is 15.4 Å². The second-order valence-corrected chi connectivity index (χ2v) is 8.17. The maximum atomic E-state index is 12.9. The Morgan fingerprint density at radius 2 is 1.82 bits per heavy atom. The smallest absolute Gasteiger partial charge is 0.324 e. The maximum absolute atomic E-state index is 12.9. The Morgan fingerprint density at radius 1 is 1.11 bits per heavy atom. The van der Waals surface area contributed by atoms with Gasteiger partial charge in [-0.05, 0) is 38.3 Å². The van der Waals surface area contributed by atoms with E-state index in [2.05, 4.69) is 10.6 Å². The highest BCUT2D eigenvalue weighted by Gasteiger charge is 2.38. The van der Waals surface area contributed by atoms with Crippen LogP contribution in [-0.2, 0) is 29.1 Å². The largest absolute Gasteiger partial charge is 0.454 e. The van der Waals surface area contributed by atoms with Gasteiger partial charge in [-0.1, -0.05) is 18.2 Å². The predicted octanol–water partition coefficient (Wildman–Crippen LogP) is 0.0253. The summed E-state index contributed by atoms with van der Waals surface area (Å²) in [5.74, 6) is -1.75. The van der Waals surface area contributed by atoms with Crippen LogP contribution in [0.25, 0.3) is 0 Å². The van der Waals surface area contributed by atoms with Gasteiger partial charge in [0.05, 0.1) is 11.4 Å². The van der Waals surface area contributed by atoms with Crippen LogP contribution in [-0.4, -0.2) is 62.8 Å². The van der Waals surface area contributed by atoms with E-state index in [-0.39, 0.29) is 23.9 Å². The lowest BCUT2D eigenvalue weighted by Gasteiger charge is -2.32. The SMILES string of the molecule is CCNC(=O)CNC(=O)COC(=O)[C@@H]1CCCCN1S(=O)(=O)c1ccccc1. The van der Waals surface area contributed by atoms with Gasteiger partial charge in [0, 0.05) is 13.1 Å². The first-order valence-corrected chi connectivity index (χ1v) is 10.6. The fraction of sp³-hybridized carbons (Fsp3) is 0.500. The van der Waals surface area contributed by atoms with Gasteiger partial charge in [-0.25, -0.2) is 8.42 Å². The van der Waals surface area contributed by atoms with Crippen LogP contribution in [0.4, 0.5) is 0 Å². The number of esters is 1. The molecule has 2 rings (SSSR count). The first-order valence-electron chi connectivity index (χ1n) is 9.13. The normalized spacial score (nSPS) is 17.5. The lowest BCUT2D eigenvalue weighted by Crippen LogP contribution is -2.49. The number of rotatable bonds is 8. The molecule has 1 heterocycles. The van der Waals surface area contributed by atoms with E-state index in [1.807, 2.05) is 0 Å². The molecule has 0 bridgehead atoms. The fourth-order valence-corrected chi connectivity index (χ4v) is 4.55. The number of sulfonamides is 1. The monoisotopic (exact) mass is 411 g/mol. The van der Waals surface area contributed by atoms with Crippen LogP contribution in [0.15, 0.2) is 35.2 Å². The van der Waals surface area contributed by atoms with E-state index in [4.69, 9.17) is 4.74 Å². The third-order valence-electron chi connectivity index (χ3n) is 4.24. The predicted molar refractivity (Wildman–Crippen MR) is 101 cm³/mol. The number of nitrogens with zero attached hydrogens (tertiary/aromatic N) is 1. The van der Waals surface area contributed by atoms with Crippen LogP contribution in [0.1, 0.15) is 26.2 Å². The van der Waals surface area contributed by atoms with Crippen LogP contribution in [0.5, 0.6) is 0 Å². The second kappa shape index (κ2) is 10.2. The molecule has 9 nitrogen and oxygen atoms in total. The van der Waals surface area contributed by atoms with Crippen molar-refractivity contribution in [1.29, 1.82) is 0 Å². The molecule has 1 fully saturated rings. The summed E-state index contributed by atoms with van der Waals surface area (Å²) in [7, 11) is -3.84. The van der Waals surface area contributed by atoms with E-state index in [1.54, 1.807) is 25.1 Å². The maximum Gasteiger partial charge on any atom is 0.324 e. The van der Waals surface area contributed by atoms with E-state index in [9.17, 15) is 22.8 Å². The lowest BCUT2D eigenvalue weighted by molar-refractivity contribution is -0.153. The molecule has 1 saturated heterocycles. The highest BCUT2D eigenvalue weighted by molar-refractivity contribution is 7.89. The number of nitrogens with one attached hydrogen (secondary N) is 2. The molecule has 1 aliphatic heterocycles. The average Bonchev–Trinajstić information content (AvgIpc) is 2.71. The number of hydrogen-bond donors (Lipinski definition) is 2. The van der Waals surface area contributed by atoms with Crippen LogP contribution in [0.3, 0.4) is 0 Å². The summed E-state index contributed by atoms with van der Waals surface area (Å²) in [5, 5.41) is 4.85. The topological polar surface area (TPSA) is 122 Å². The van der Waals surface area contributed by atoms with Crippen molar-refractivity contribution >= 4 is 27.8 Å². The Kier molecular flexibility index (Phi) is 7.94. The molecule has 0 unspecified atom stereocenters. The number of hydrogen-bond acceptors (Lipinski definition) is 6. The molecule has 28 heavy (non-hydrogen) atoms. The number of ether oxygens (including phenoxy) is 1. The van der Waals surface area contributed by atoms with Crippen molar-refractivity contribution in [3.63, 3.8) is 0 Å². The fourth-order valence-electron chi connectivity index (χ4n) is 2.88. The molecule has 1 atom stereocenters. The molecule has 0 saturated carbocycles. The number of likely N-dealkylation sites (N-methyl/N-ethyl adjacent to an activating group) is 1. The van der Waals surface area contributed by atoms with Crippen LogP contribution in [0.2, 0.25) is 0 Å². The summed E-state index contributed by atoms with van der Waals surface area (Å²) in [4.78, 5) is 35.6. The Bertz CT molecular complexity index is 797. The first kappa shape index (κ1) is 21.8. The van der Waals surface area contributed by atoms with Crippen molar-refractivity contribution in [1.82, 2.24) is 14.9 Å². The first-order chi connectivity index (χ1) is 13.4. The number of amides is 2. The number of carbonyl (C=O) groups is 3. The van der Waals surface area contributed by atoms with Gasteiger partial charge in [0.15, 0.2) is 6.61 Å². The molecule has 154 valence electrons. The minimum absolute atomic E-state index is 0.106. The molecule has 2 N–H and O–H groups in total. The number of piperidine rings is 1. The molecule has 0 radical (unpaired) electrons. The van der Waals surface area contributed by atoms with E-state index in [0.29, 0.717) is 25.8 Å². The second-order valence-electron chi connectivity index (χ2n) is 6.28. The molecule has 1 aliphatic rings. The number of benzene rings is 1. The van der Waals surface area contributed by atoms with Gasteiger partial charge in [0.1, 0.15) is 6.04 Å². The summed E-state index contributed by atoms with van der Waals surface area (Å²) < 4.78 is 31.9. The van der Waals surface area contributed by atoms with E-state index in [1.165, 1.54) is 12.1 Å². The highest BCUT2D eigenvalue weighted by atomic mass is 32.2. The molecule has 0 aliphatic carbocycles. The minimum atomic E-state index is -3.84. The van der Waals surface area contributed by atoms with Crippen molar-refractivity contribution < 1.29 is 27.5 Å².